The topological polar surface area (TPSA) is 23.6 Å². The molecular weight excluding hydrogens is 356 g/mol. The summed E-state index contributed by atoms with van der Waals surface area (Å²) in [6.45, 7) is 4.34. The third kappa shape index (κ3) is 3.39. The van der Waals surface area contributed by atoms with Crippen molar-refractivity contribution in [2.75, 3.05) is 31.1 Å². The van der Waals surface area contributed by atoms with Gasteiger partial charge in [-0.15, -0.1) is 0 Å². The molecule has 2 aromatic carbocycles. The van der Waals surface area contributed by atoms with Gasteiger partial charge in [0.25, 0.3) is 5.91 Å². The fourth-order valence-corrected chi connectivity index (χ4v) is 4.98. The second-order valence-corrected chi connectivity index (χ2v) is 9.07. The number of likely N-dealkylation sites (tertiary alicyclic amines) is 1. The van der Waals surface area contributed by atoms with E-state index in [1.54, 1.807) is 12.1 Å². The van der Waals surface area contributed by atoms with E-state index in [-0.39, 0.29) is 11.3 Å². The van der Waals surface area contributed by atoms with Crippen LogP contribution >= 0.6 is 11.6 Å². The van der Waals surface area contributed by atoms with Crippen LogP contribution in [0.25, 0.3) is 0 Å². The van der Waals surface area contributed by atoms with Crippen LogP contribution in [0.2, 0.25) is 5.02 Å². The van der Waals surface area contributed by atoms with Gasteiger partial charge < -0.3 is 9.80 Å². The molecule has 1 saturated heterocycles. The SMILES string of the molecule is O=C(c1ccc(Cl)cc1)N1CC2(CCN(CC3CC3)C2)Cc2ccccc21. The van der Waals surface area contributed by atoms with Gasteiger partial charge in [0, 0.05) is 41.3 Å². The average molecular weight is 381 g/mol. The number of rotatable bonds is 3. The lowest BCUT2D eigenvalue weighted by Crippen LogP contribution is -2.48. The van der Waals surface area contributed by atoms with Crippen LogP contribution in [0, 0.1) is 11.3 Å². The molecular formula is C23H25ClN2O. The summed E-state index contributed by atoms with van der Waals surface area (Å²) in [7, 11) is 0. The molecule has 3 aliphatic rings. The molecule has 1 amide bonds. The highest BCUT2D eigenvalue weighted by molar-refractivity contribution is 6.30. The van der Waals surface area contributed by atoms with Crippen molar-refractivity contribution in [3.8, 4) is 0 Å². The summed E-state index contributed by atoms with van der Waals surface area (Å²) in [5, 5.41) is 0.661. The van der Waals surface area contributed by atoms with Crippen molar-refractivity contribution >= 4 is 23.2 Å². The van der Waals surface area contributed by atoms with Crippen LogP contribution in [0.3, 0.4) is 0 Å². The van der Waals surface area contributed by atoms with E-state index in [9.17, 15) is 4.79 Å². The maximum atomic E-state index is 13.4. The lowest BCUT2D eigenvalue weighted by atomic mass is 9.76. The Kier molecular flexibility index (Phi) is 4.25. The van der Waals surface area contributed by atoms with E-state index in [0.717, 1.165) is 31.1 Å². The number of carbonyl (C=O) groups is 1. The van der Waals surface area contributed by atoms with Gasteiger partial charge in [0.15, 0.2) is 0 Å². The summed E-state index contributed by atoms with van der Waals surface area (Å²) in [6, 6.07) is 15.7. The van der Waals surface area contributed by atoms with Crippen LogP contribution in [-0.2, 0) is 6.42 Å². The molecule has 2 heterocycles. The number of anilines is 1. The minimum absolute atomic E-state index is 0.0823. The van der Waals surface area contributed by atoms with Crippen LogP contribution < -0.4 is 4.90 Å². The minimum Gasteiger partial charge on any atom is -0.307 e. The maximum Gasteiger partial charge on any atom is 0.258 e. The molecule has 1 atom stereocenters. The van der Waals surface area contributed by atoms with Gasteiger partial charge in [0.1, 0.15) is 0 Å². The second-order valence-electron chi connectivity index (χ2n) is 8.63. The number of halogens is 1. The Hall–Kier alpha value is -1.84. The van der Waals surface area contributed by atoms with Crippen molar-refractivity contribution in [2.24, 2.45) is 11.3 Å². The molecule has 0 radical (unpaired) electrons. The van der Waals surface area contributed by atoms with Crippen molar-refractivity contribution in [2.45, 2.75) is 25.7 Å². The Morgan fingerprint density at radius 1 is 1.07 bits per heavy atom. The highest BCUT2D eigenvalue weighted by atomic mass is 35.5. The lowest BCUT2D eigenvalue weighted by Gasteiger charge is -2.41. The number of fused-ring (bicyclic) bond motifs is 1. The minimum atomic E-state index is 0.0823. The van der Waals surface area contributed by atoms with Gasteiger partial charge >= 0.3 is 0 Å². The first-order valence-corrected chi connectivity index (χ1v) is 10.4. The van der Waals surface area contributed by atoms with Gasteiger partial charge in [-0.2, -0.15) is 0 Å². The van der Waals surface area contributed by atoms with E-state index in [2.05, 4.69) is 23.1 Å². The van der Waals surface area contributed by atoms with Gasteiger partial charge in [0.05, 0.1) is 0 Å². The zero-order valence-electron chi connectivity index (χ0n) is 15.5. The molecule has 0 bridgehead atoms. The Bertz CT molecular complexity index is 861. The molecule has 2 aliphatic heterocycles. The molecule has 140 valence electrons. The molecule has 1 unspecified atom stereocenters. The van der Waals surface area contributed by atoms with E-state index in [0.29, 0.717) is 10.6 Å². The molecule has 4 heteroatoms. The summed E-state index contributed by atoms with van der Waals surface area (Å²) < 4.78 is 0. The van der Waals surface area contributed by atoms with Crippen LogP contribution in [0.4, 0.5) is 5.69 Å². The Morgan fingerprint density at radius 3 is 2.63 bits per heavy atom. The number of hydrogen-bond donors (Lipinski definition) is 0. The molecule has 1 aliphatic carbocycles. The molecule has 27 heavy (non-hydrogen) atoms. The summed E-state index contributed by atoms with van der Waals surface area (Å²) in [6.07, 6.45) is 5.05. The van der Waals surface area contributed by atoms with Crippen LogP contribution in [0.5, 0.6) is 0 Å². The number of hydrogen-bond acceptors (Lipinski definition) is 2. The van der Waals surface area contributed by atoms with Crippen molar-refractivity contribution in [1.82, 2.24) is 4.90 Å². The van der Waals surface area contributed by atoms with Crippen molar-refractivity contribution < 1.29 is 4.79 Å². The van der Waals surface area contributed by atoms with Gasteiger partial charge in [-0.1, -0.05) is 29.8 Å². The second kappa shape index (κ2) is 6.65. The Labute approximate surface area is 165 Å². The lowest BCUT2D eigenvalue weighted by molar-refractivity contribution is 0.0966. The first kappa shape index (κ1) is 17.3. The van der Waals surface area contributed by atoms with Gasteiger partial charge in [0.2, 0.25) is 0 Å². The fraction of sp³-hybridized carbons (Fsp3) is 0.435. The first-order chi connectivity index (χ1) is 13.1. The number of nitrogens with zero attached hydrogens (tertiary/aromatic N) is 2. The fourth-order valence-electron chi connectivity index (χ4n) is 4.86. The number of amides is 1. The van der Waals surface area contributed by atoms with Gasteiger partial charge in [-0.05, 0) is 74.0 Å². The predicted molar refractivity (Wildman–Crippen MR) is 109 cm³/mol. The molecule has 0 N–H and O–H groups in total. The highest BCUT2D eigenvalue weighted by Gasteiger charge is 2.45. The predicted octanol–water partition coefficient (Wildman–Crippen LogP) is 4.65. The summed E-state index contributed by atoms with van der Waals surface area (Å²) >= 11 is 6.01. The molecule has 1 saturated carbocycles. The van der Waals surface area contributed by atoms with E-state index in [1.165, 1.54) is 37.9 Å². The summed E-state index contributed by atoms with van der Waals surface area (Å²) in [5.74, 6) is 1.00. The average Bonchev–Trinajstić information content (AvgIpc) is 3.42. The number of para-hydroxylation sites is 1. The van der Waals surface area contributed by atoms with E-state index >= 15 is 0 Å². The van der Waals surface area contributed by atoms with Crippen molar-refractivity contribution in [1.29, 1.82) is 0 Å². The van der Waals surface area contributed by atoms with Gasteiger partial charge in [-0.3, -0.25) is 4.79 Å². The first-order valence-electron chi connectivity index (χ1n) is 10.00. The largest absolute Gasteiger partial charge is 0.307 e. The zero-order chi connectivity index (χ0) is 18.4. The van der Waals surface area contributed by atoms with Gasteiger partial charge in [-0.25, -0.2) is 0 Å². The smallest absolute Gasteiger partial charge is 0.258 e. The Morgan fingerprint density at radius 2 is 1.85 bits per heavy atom. The molecule has 5 rings (SSSR count). The molecule has 1 spiro atoms. The zero-order valence-corrected chi connectivity index (χ0v) is 16.3. The third-order valence-corrected chi connectivity index (χ3v) is 6.66. The summed E-state index contributed by atoms with van der Waals surface area (Å²) in [4.78, 5) is 18.0. The molecule has 2 aromatic rings. The van der Waals surface area contributed by atoms with E-state index in [1.807, 2.05) is 23.1 Å². The van der Waals surface area contributed by atoms with E-state index < -0.39 is 0 Å². The van der Waals surface area contributed by atoms with Crippen molar-refractivity contribution in [3.05, 3.63) is 64.7 Å². The monoisotopic (exact) mass is 380 g/mol. The normalized spacial score (nSPS) is 25.0. The Balaban J connectivity index is 1.45. The molecule has 3 nitrogen and oxygen atoms in total. The standard InChI is InChI=1S/C23H25ClN2O/c24-20-9-7-18(8-10-20)22(27)26-16-23(13-19-3-1-2-4-21(19)26)11-12-25(15-23)14-17-5-6-17/h1-4,7-10,17H,5-6,11-16H2. The third-order valence-electron chi connectivity index (χ3n) is 6.41. The van der Waals surface area contributed by atoms with Crippen LogP contribution in [-0.4, -0.2) is 37.0 Å². The van der Waals surface area contributed by atoms with Crippen molar-refractivity contribution in [3.63, 3.8) is 0 Å². The molecule has 2 fully saturated rings. The number of benzene rings is 2. The van der Waals surface area contributed by atoms with Crippen LogP contribution in [0.1, 0.15) is 35.2 Å². The molecule has 0 aromatic heterocycles. The van der Waals surface area contributed by atoms with Crippen LogP contribution in [0.15, 0.2) is 48.5 Å². The quantitative estimate of drug-likeness (QED) is 0.774. The van der Waals surface area contributed by atoms with E-state index in [4.69, 9.17) is 11.6 Å². The highest BCUT2D eigenvalue weighted by Crippen LogP contribution is 2.44. The number of carbonyl (C=O) groups excluding carboxylic acids is 1. The maximum absolute atomic E-state index is 13.4. The summed E-state index contributed by atoms with van der Waals surface area (Å²) in [5.41, 5.74) is 3.27.